The summed E-state index contributed by atoms with van der Waals surface area (Å²) in [5, 5.41) is 13.6. The summed E-state index contributed by atoms with van der Waals surface area (Å²) in [6, 6.07) is 0. The first-order valence-corrected chi connectivity index (χ1v) is 7.39. The molecule has 0 saturated carbocycles. The number of halogens is 3. The average molecular weight is 331 g/mol. The summed E-state index contributed by atoms with van der Waals surface area (Å²) < 4.78 is 37.3. The lowest BCUT2D eigenvalue weighted by Crippen LogP contribution is -2.28. The van der Waals surface area contributed by atoms with Crippen LogP contribution in [0.5, 0.6) is 0 Å². The zero-order chi connectivity index (χ0) is 15.7. The maximum Gasteiger partial charge on any atom is 0.434 e. The number of hydrogen-bond donors (Lipinski definition) is 3. The molecule has 0 bridgehead atoms. The van der Waals surface area contributed by atoms with Crippen LogP contribution in [0.3, 0.4) is 0 Å². The number of alkyl halides is 3. The van der Waals surface area contributed by atoms with Crippen LogP contribution >= 0.6 is 11.3 Å². The van der Waals surface area contributed by atoms with Crippen LogP contribution < -0.4 is 10.6 Å². The van der Waals surface area contributed by atoms with Gasteiger partial charge in [-0.15, -0.1) is 11.3 Å². The number of fused-ring (bicyclic) bond motifs is 1. The van der Waals surface area contributed by atoms with E-state index in [2.05, 4.69) is 25.8 Å². The van der Waals surface area contributed by atoms with Crippen LogP contribution in [-0.2, 0) is 25.7 Å². The Labute approximate surface area is 127 Å². The van der Waals surface area contributed by atoms with Gasteiger partial charge in [-0.2, -0.15) is 18.3 Å². The molecular weight excluding hydrogens is 319 g/mol. The Morgan fingerprint density at radius 3 is 3.00 bits per heavy atom. The zero-order valence-electron chi connectivity index (χ0n) is 11.3. The van der Waals surface area contributed by atoms with Crippen LogP contribution in [-0.4, -0.2) is 27.6 Å². The summed E-state index contributed by atoms with van der Waals surface area (Å²) >= 11 is 0.858. The second-order valence-corrected chi connectivity index (χ2v) is 5.71. The molecular formula is C12H12F3N5OS. The minimum atomic E-state index is -4.47. The number of amides is 1. The Morgan fingerprint density at radius 1 is 1.45 bits per heavy atom. The smallest absolute Gasteiger partial charge is 0.344 e. The Balaban J connectivity index is 1.65. The second kappa shape index (κ2) is 5.69. The molecule has 2 aromatic rings. The number of hydrogen-bond acceptors (Lipinski definition) is 5. The predicted octanol–water partition coefficient (Wildman–Crippen LogP) is 1.46. The SMILES string of the molecule is O=C(NCc1nc(C(F)(F)F)cs1)c1n[nH]c2c1CNCC2. The molecule has 1 aliphatic rings. The summed E-state index contributed by atoms with van der Waals surface area (Å²) in [6.07, 6.45) is -3.71. The normalized spacial score (nSPS) is 14.7. The van der Waals surface area contributed by atoms with Crippen LogP contribution in [0.2, 0.25) is 0 Å². The number of nitrogens with zero attached hydrogens (tertiary/aromatic N) is 2. The van der Waals surface area contributed by atoms with E-state index in [9.17, 15) is 18.0 Å². The summed E-state index contributed by atoms with van der Waals surface area (Å²) in [5.41, 5.74) is 1.05. The number of nitrogens with one attached hydrogen (secondary N) is 3. The van der Waals surface area contributed by atoms with E-state index in [1.165, 1.54) is 0 Å². The highest BCUT2D eigenvalue weighted by molar-refractivity contribution is 7.09. The van der Waals surface area contributed by atoms with Gasteiger partial charge in [0.05, 0.1) is 6.54 Å². The number of thiazole rings is 1. The molecule has 6 nitrogen and oxygen atoms in total. The molecule has 0 radical (unpaired) electrons. The average Bonchev–Trinajstić information content (AvgIpc) is 3.11. The van der Waals surface area contributed by atoms with Gasteiger partial charge in [0.2, 0.25) is 0 Å². The largest absolute Gasteiger partial charge is 0.434 e. The third-order valence-electron chi connectivity index (χ3n) is 3.26. The number of aromatic amines is 1. The molecule has 10 heteroatoms. The molecule has 2 aromatic heterocycles. The number of carbonyl (C=O) groups is 1. The van der Waals surface area contributed by atoms with Crippen molar-refractivity contribution in [1.82, 2.24) is 25.8 Å². The van der Waals surface area contributed by atoms with E-state index in [0.717, 1.165) is 40.9 Å². The van der Waals surface area contributed by atoms with Gasteiger partial charge < -0.3 is 10.6 Å². The molecule has 118 valence electrons. The molecule has 3 rings (SSSR count). The molecule has 0 fully saturated rings. The second-order valence-electron chi connectivity index (χ2n) is 4.76. The van der Waals surface area contributed by atoms with E-state index in [1.54, 1.807) is 0 Å². The minimum Gasteiger partial charge on any atom is -0.344 e. The molecule has 1 aliphatic heterocycles. The summed E-state index contributed by atoms with van der Waals surface area (Å²) in [4.78, 5) is 15.5. The minimum absolute atomic E-state index is 0.0609. The van der Waals surface area contributed by atoms with Gasteiger partial charge in [0.1, 0.15) is 5.01 Å². The van der Waals surface area contributed by atoms with Crippen molar-refractivity contribution in [3.8, 4) is 0 Å². The summed E-state index contributed by atoms with van der Waals surface area (Å²) in [7, 11) is 0. The van der Waals surface area contributed by atoms with Crippen LogP contribution in [0.1, 0.15) is 32.4 Å². The molecule has 0 saturated heterocycles. The lowest BCUT2D eigenvalue weighted by atomic mass is 10.1. The first-order chi connectivity index (χ1) is 10.4. The van der Waals surface area contributed by atoms with Gasteiger partial charge in [0.25, 0.3) is 5.91 Å². The van der Waals surface area contributed by atoms with E-state index in [0.29, 0.717) is 6.54 Å². The molecule has 1 amide bonds. The lowest BCUT2D eigenvalue weighted by Gasteiger charge is -2.12. The fourth-order valence-electron chi connectivity index (χ4n) is 2.17. The number of aromatic nitrogens is 3. The highest BCUT2D eigenvalue weighted by atomic mass is 32.1. The van der Waals surface area contributed by atoms with Crippen molar-refractivity contribution in [2.45, 2.75) is 25.7 Å². The molecule has 22 heavy (non-hydrogen) atoms. The Kier molecular flexibility index (Phi) is 3.87. The molecule has 0 atom stereocenters. The molecule has 0 aliphatic carbocycles. The molecule has 0 spiro atoms. The van der Waals surface area contributed by atoms with Crippen molar-refractivity contribution in [3.05, 3.63) is 33.0 Å². The number of carbonyl (C=O) groups excluding carboxylic acids is 1. The first-order valence-electron chi connectivity index (χ1n) is 6.52. The number of rotatable bonds is 3. The van der Waals surface area contributed by atoms with Crippen LogP contribution in [0.4, 0.5) is 13.2 Å². The topological polar surface area (TPSA) is 82.7 Å². The Morgan fingerprint density at radius 2 is 2.27 bits per heavy atom. The standard InChI is InChI=1S/C12H12F3N5OS/c13-12(14,15)8-5-22-9(18-8)4-17-11(21)10-6-3-16-2-1-7(6)19-20-10/h5,16H,1-4H2,(H,17,21)(H,19,20). The molecule has 3 N–H and O–H groups in total. The van der Waals surface area contributed by atoms with E-state index in [-0.39, 0.29) is 17.2 Å². The van der Waals surface area contributed by atoms with Crippen molar-refractivity contribution in [3.63, 3.8) is 0 Å². The Bertz CT molecular complexity index is 693. The van der Waals surface area contributed by atoms with E-state index in [1.807, 2.05) is 0 Å². The maximum atomic E-state index is 12.4. The van der Waals surface area contributed by atoms with Crippen molar-refractivity contribution in [2.75, 3.05) is 6.54 Å². The van der Waals surface area contributed by atoms with Gasteiger partial charge in [-0.05, 0) is 0 Å². The fraction of sp³-hybridized carbons (Fsp3) is 0.417. The molecule has 0 aromatic carbocycles. The van der Waals surface area contributed by atoms with Crippen molar-refractivity contribution in [1.29, 1.82) is 0 Å². The first kappa shape index (κ1) is 15.0. The van der Waals surface area contributed by atoms with Gasteiger partial charge in [-0.25, -0.2) is 4.98 Å². The van der Waals surface area contributed by atoms with E-state index < -0.39 is 17.8 Å². The van der Waals surface area contributed by atoms with Gasteiger partial charge in [0.15, 0.2) is 11.4 Å². The highest BCUT2D eigenvalue weighted by Crippen LogP contribution is 2.29. The molecule has 3 heterocycles. The number of H-pyrrole nitrogens is 1. The van der Waals surface area contributed by atoms with Crippen molar-refractivity contribution in [2.24, 2.45) is 0 Å². The molecule has 0 unspecified atom stereocenters. The van der Waals surface area contributed by atoms with Crippen molar-refractivity contribution >= 4 is 17.2 Å². The fourth-order valence-corrected chi connectivity index (χ4v) is 2.92. The summed E-state index contributed by atoms with van der Waals surface area (Å²) in [5.74, 6) is -0.426. The predicted molar refractivity (Wildman–Crippen MR) is 72.3 cm³/mol. The Hall–Kier alpha value is -1.94. The summed E-state index contributed by atoms with van der Waals surface area (Å²) in [6.45, 7) is 1.30. The quantitative estimate of drug-likeness (QED) is 0.795. The van der Waals surface area contributed by atoms with Gasteiger partial charge in [-0.3, -0.25) is 9.89 Å². The lowest BCUT2D eigenvalue weighted by molar-refractivity contribution is -0.140. The van der Waals surface area contributed by atoms with Crippen LogP contribution in [0, 0.1) is 0 Å². The van der Waals surface area contributed by atoms with Gasteiger partial charge in [0, 0.05) is 36.1 Å². The van der Waals surface area contributed by atoms with Crippen LogP contribution in [0.25, 0.3) is 0 Å². The third-order valence-corrected chi connectivity index (χ3v) is 4.11. The highest BCUT2D eigenvalue weighted by Gasteiger charge is 2.33. The monoisotopic (exact) mass is 331 g/mol. The van der Waals surface area contributed by atoms with Crippen LogP contribution in [0.15, 0.2) is 5.38 Å². The van der Waals surface area contributed by atoms with E-state index >= 15 is 0 Å². The van der Waals surface area contributed by atoms with Crippen molar-refractivity contribution < 1.29 is 18.0 Å². The zero-order valence-corrected chi connectivity index (χ0v) is 12.1. The van der Waals surface area contributed by atoms with Gasteiger partial charge >= 0.3 is 6.18 Å². The van der Waals surface area contributed by atoms with E-state index in [4.69, 9.17) is 0 Å². The third kappa shape index (κ3) is 2.97. The van der Waals surface area contributed by atoms with Gasteiger partial charge in [-0.1, -0.05) is 0 Å². The maximum absolute atomic E-state index is 12.4.